The molecule has 0 spiro atoms. The maximum absolute atomic E-state index is 11.8. The van der Waals surface area contributed by atoms with Crippen LogP contribution in [0.15, 0.2) is 134 Å². The molecule has 0 aromatic heterocycles. The highest BCUT2D eigenvalue weighted by molar-refractivity contribution is 5.92. The first-order valence-corrected chi connectivity index (χ1v) is 9.89. The normalized spacial score (nSPS) is 12.4. The van der Waals surface area contributed by atoms with Crippen molar-refractivity contribution in [1.29, 1.82) is 0 Å². The SMILES string of the molecule is O=C(/C=C/C=C/C=C/C=C/C=C/C=C/C(=O)Cc1ccccc1)Cc1ccccc1. The van der Waals surface area contributed by atoms with Gasteiger partial charge >= 0.3 is 0 Å². The molecule has 0 bridgehead atoms. The van der Waals surface area contributed by atoms with Gasteiger partial charge < -0.3 is 0 Å². The lowest BCUT2D eigenvalue weighted by Crippen LogP contribution is -1.97. The van der Waals surface area contributed by atoms with E-state index < -0.39 is 0 Å². The monoisotopic (exact) mass is 394 g/mol. The van der Waals surface area contributed by atoms with E-state index in [9.17, 15) is 9.59 Å². The summed E-state index contributed by atoms with van der Waals surface area (Å²) >= 11 is 0. The van der Waals surface area contributed by atoms with Crippen molar-refractivity contribution in [1.82, 2.24) is 0 Å². The lowest BCUT2D eigenvalue weighted by molar-refractivity contribution is -0.114. The topological polar surface area (TPSA) is 34.1 Å². The lowest BCUT2D eigenvalue weighted by Gasteiger charge is -1.95. The zero-order valence-corrected chi connectivity index (χ0v) is 16.9. The highest BCUT2D eigenvalue weighted by Crippen LogP contribution is 2.01. The lowest BCUT2D eigenvalue weighted by atomic mass is 10.1. The van der Waals surface area contributed by atoms with Crippen LogP contribution in [0.5, 0.6) is 0 Å². The van der Waals surface area contributed by atoms with Crippen LogP contribution < -0.4 is 0 Å². The van der Waals surface area contributed by atoms with Crippen molar-refractivity contribution >= 4 is 11.6 Å². The van der Waals surface area contributed by atoms with Crippen molar-refractivity contribution in [2.45, 2.75) is 12.8 Å². The number of ketones is 2. The summed E-state index contributed by atoms with van der Waals surface area (Å²) in [5.74, 6) is 0.158. The molecule has 30 heavy (non-hydrogen) atoms. The Bertz CT molecular complexity index is 875. The Labute approximate surface area is 179 Å². The molecule has 0 aliphatic carbocycles. The summed E-state index contributed by atoms with van der Waals surface area (Å²) in [5, 5.41) is 0. The van der Waals surface area contributed by atoms with Gasteiger partial charge in [-0.3, -0.25) is 9.59 Å². The van der Waals surface area contributed by atoms with Gasteiger partial charge in [-0.2, -0.15) is 0 Å². The van der Waals surface area contributed by atoms with Gasteiger partial charge in [0.2, 0.25) is 0 Å². The molecule has 2 rings (SSSR count). The zero-order valence-electron chi connectivity index (χ0n) is 16.9. The second-order valence-electron chi connectivity index (χ2n) is 6.52. The summed E-state index contributed by atoms with van der Waals surface area (Å²) in [6.07, 6.45) is 22.4. The van der Waals surface area contributed by atoms with Crippen molar-refractivity contribution in [3.05, 3.63) is 145 Å². The van der Waals surface area contributed by atoms with Crippen molar-refractivity contribution < 1.29 is 9.59 Å². The summed E-state index contributed by atoms with van der Waals surface area (Å²) in [6.45, 7) is 0. The summed E-state index contributed by atoms with van der Waals surface area (Å²) in [4.78, 5) is 23.6. The minimum atomic E-state index is 0.0789. The quantitative estimate of drug-likeness (QED) is 0.349. The van der Waals surface area contributed by atoms with Gasteiger partial charge in [0.1, 0.15) is 0 Å². The molecule has 0 saturated heterocycles. The van der Waals surface area contributed by atoms with E-state index in [0.717, 1.165) is 11.1 Å². The van der Waals surface area contributed by atoms with E-state index in [0.29, 0.717) is 12.8 Å². The van der Waals surface area contributed by atoms with E-state index in [2.05, 4.69) is 0 Å². The van der Waals surface area contributed by atoms with Gasteiger partial charge in [-0.15, -0.1) is 0 Å². The second-order valence-corrected chi connectivity index (χ2v) is 6.52. The largest absolute Gasteiger partial charge is 0.294 e. The molecule has 0 saturated carbocycles. The third kappa shape index (κ3) is 10.5. The standard InChI is InChI=1S/C28H26O2/c29-27(23-25-17-11-9-12-18-25)21-15-7-5-3-1-2-4-6-8-16-22-28(30)24-26-19-13-10-14-20-26/h1-22H,23-24H2/b3-1+,4-2+,7-5+,8-6+,21-15+,22-16+. The van der Waals surface area contributed by atoms with Crippen LogP contribution in [-0.4, -0.2) is 11.6 Å². The van der Waals surface area contributed by atoms with Crippen molar-refractivity contribution in [3.63, 3.8) is 0 Å². The fourth-order valence-corrected chi connectivity index (χ4v) is 2.55. The van der Waals surface area contributed by atoms with Crippen LogP contribution in [0, 0.1) is 0 Å². The predicted molar refractivity (Wildman–Crippen MR) is 125 cm³/mol. The third-order valence-corrected chi connectivity index (χ3v) is 4.01. The smallest absolute Gasteiger partial charge is 0.160 e. The number of allylic oxidation sites excluding steroid dienone is 12. The summed E-state index contributed by atoms with van der Waals surface area (Å²) in [7, 11) is 0. The molecule has 0 aliphatic rings. The zero-order chi connectivity index (χ0) is 21.3. The highest BCUT2D eigenvalue weighted by atomic mass is 16.1. The Morgan fingerprint density at radius 2 is 0.767 bits per heavy atom. The molecule has 2 aromatic carbocycles. The van der Waals surface area contributed by atoms with Gasteiger partial charge in [-0.05, 0) is 23.3 Å². The minimum Gasteiger partial charge on any atom is -0.294 e. The van der Waals surface area contributed by atoms with Gasteiger partial charge in [0.15, 0.2) is 11.6 Å². The fraction of sp³-hybridized carbons (Fsp3) is 0.0714. The Kier molecular flexibility index (Phi) is 10.7. The average molecular weight is 395 g/mol. The van der Waals surface area contributed by atoms with Crippen LogP contribution in [0.1, 0.15) is 11.1 Å². The number of carbonyl (C=O) groups is 2. The third-order valence-electron chi connectivity index (χ3n) is 4.01. The molecule has 0 atom stereocenters. The first-order chi connectivity index (χ1) is 14.7. The van der Waals surface area contributed by atoms with Gasteiger partial charge in [0.25, 0.3) is 0 Å². The van der Waals surface area contributed by atoms with Crippen molar-refractivity contribution in [2.75, 3.05) is 0 Å². The van der Waals surface area contributed by atoms with E-state index in [1.807, 2.05) is 109 Å². The first-order valence-electron chi connectivity index (χ1n) is 9.89. The molecular weight excluding hydrogens is 368 g/mol. The Morgan fingerprint density at radius 3 is 1.10 bits per heavy atom. The maximum atomic E-state index is 11.8. The number of benzene rings is 2. The molecule has 0 heterocycles. The van der Waals surface area contributed by atoms with Crippen LogP contribution in [0.25, 0.3) is 0 Å². The fourth-order valence-electron chi connectivity index (χ4n) is 2.55. The molecule has 0 amide bonds. The van der Waals surface area contributed by atoms with Crippen LogP contribution in [0.4, 0.5) is 0 Å². The first kappa shape index (κ1) is 22.5. The average Bonchev–Trinajstić information content (AvgIpc) is 2.76. The van der Waals surface area contributed by atoms with Crippen LogP contribution in [0.2, 0.25) is 0 Å². The molecule has 2 nitrogen and oxygen atoms in total. The molecule has 0 radical (unpaired) electrons. The molecule has 150 valence electrons. The van der Waals surface area contributed by atoms with Gasteiger partial charge in [0, 0.05) is 12.8 Å². The predicted octanol–water partition coefficient (Wildman–Crippen LogP) is 5.95. The van der Waals surface area contributed by atoms with Gasteiger partial charge in [0.05, 0.1) is 0 Å². The van der Waals surface area contributed by atoms with E-state index in [-0.39, 0.29) is 11.6 Å². The maximum Gasteiger partial charge on any atom is 0.160 e. The number of carbonyl (C=O) groups excluding carboxylic acids is 2. The van der Waals surface area contributed by atoms with E-state index in [1.54, 1.807) is 24.3 Å². The number of hydrogen-bond donors (Lipinski definition) is 0. The molecule has 2 heteroatoms. The Balaban J connectivity index is 1.62. The summed E-state index contributed by atoms with van der Waals surface area (Å²) in [5.41, 5.74) is 2.04. The summed E-state index contributed by atoms with van der Waals surface area (Å²) < 4.78 is 0. The number of rotatable bonds is 11. The molecule has 2 aromatic rings. The van der Waals surface area contributed by atoms with Crippen LogP contribution >= 0.6 is 0 Å². The van der Waals surface area contributed by atoms with Crippen molar-refractivity contribution in [2.24, 2.45) is 0 Å². The van der Waals surface area contributed by atoms with Gasteiger partial charge in [-0.25, -0.2) is 0 Å². The Hall–Kier alpha value is -3.78. The van der Waals surface area contributed by atoms with Crippen LogP contribution in [-0.2, 0) is 22.4 Å². The summed E-state index contributed by atoms with van der Waals surface area (Å²) in [6, 6.07) is 19.4. The van der Waals surface area contributed by atoms with E-state index in [1.165, 1.54) is 0 Å². The molecule has 0 fully saturated rings. The van der Waals surface area contributed by atoms with E-state index >= 15 is 0 Å². The molecule has 0 aliphatic heterocycles. The van der Waals surface area contributed by atoms with Gasteiger partial charge in [-0.1, -0.05) is 121 Å². The molecular formula is C28H26O2. The second kappa shape index (κ2) is 14.3. The van der Waals surface area contributed by atoms with Crippen LogP contribution in [0.3, 0.4) is 0 Å². The number of hydrogen-bond acceptors (Lipinski definition) is 2. The van der Waals surface area contributed by atoms with Crippen molar-refractivity contribution in [3.8, 4) is 0 Å². The van der Waals surface area contributed by atoms with E-state index in [4.69, 9.17) is 0 Å². The highest BCUT2D eigenvalue weighted by Gasteiger charge is 1.98. The minimum absolute atomic E-state index is 0.0789. The molecule has 0 unspecified atom stereocenters. The molecule has 0 N–H and O–H groups in total. The Morgan fingerprint density at radius 1 is 0.467 bits per heavy atom.